The van der Waals surface area contributed by atoms with Crippen LogP contribution in [0.4, 0.5) is 0 Å². The predicted molar refractivity (Wildman–Crippen MR) is 151 cm³/mol. The van der Waals surface area contributed by atoms with Gasteiger partial charge in [-0.1, -0.05) is 0 Å². The molecule has 0 radical (unpaired) electrons. The number of hydrogen-bond acceptors (Lipinski definition) is 16. The van der Waals surface area contributed by atoms with Crippen LogP contribution >= 0.6 is 0 Å². The number of esters is 2. The Morgan fingerprint density at radius 2 is 1.52 bits per heavy atom. The van der Waals surface area contributed by atoms with E-state index in [1.165, 1.54) is 12.1 Å². The van der Waals surface area contributed by atoms with Gasteiger partial charge in [0.05, 0.1) is 11.1 Å². The van der Waals surface area contributed by atoms with Crippen molar-refractivity contribution in [1.82, 2.24) is 0 Å². The average Bonchev–Trinajstić information content (AvgIpc) is 2.99. The number of benzene rings is 3. The summed E-state index contributed by atoms with van der Waals surface area (Å²) < 4.78 is 27.9. The lowest BCUT2D eigenvalue weighted by atomic mass is 9.98. The smallest absolute Gasteiger partial charge is 0.339 e. The number of aromatic hydroxyl groups is 6. The Morgan fingerprint density at radius 3 is 2.17 bits per heavy atom. The first-order valence-corrected chi connectivity index (χ1v) is 13.3. The topological polar surface area (TPSA) is 263 Å². The van der Waals surface area contributed by atoms with E-state index in [1.54, 1.807) is 0 Å². The lowest BCUT2D eigenvalue weighted by Gasteiger charge is -2.41. The fraction of sp³-hybridized carbons (Fsp3) is 0.233. The quantitative estimate of drug-likeness (QED) is 0.104. The number of rotatable bonds is 7. The molecule has 2 heterocycles. The number of aliphatic hydroxyl groups is 2. The van der Waals surface area contributed by atoms with Crippen LogP contribution < -0.4 is 10.2 Å². The summed E-state index contributed by atoms with van der Waals surface area (Å²) in [5, 5.41) is 81.5. The van der Waals surface area contributed by atoms with Crippen molar-refractivity contribution in [3.05, 3.63) is 64.3 Å². The standard InChI is InChI=1S/C30H26O16/c1-11(31)42-10-23-25(39)26(40)28(46-29(41)13-5-19(36)24(38)20(37)6-13)30(45-23)44-22-9-15-17(34)7-14(32)8-21(15)43-27(22)12-2-3-16(33)18(35)4-12/h2-9,23,25-26,28,30,33-40H,10H2,1H3/t23-,25+,26+,28-,30-/m1/s1. The van der Waals surface area contributed by atoms with Crippen molar-refractivity contribution in [1.29, 1.82) is 0 Å². The van der Waals surface area contributed by atoms with Crippen LogP contribution in [0.2, 0.25) is 0 Å². The summed E-state index contributed by atoms with van der Waals surface area (Å²) >= 11 is 0. The third kappa shape index (κ3) is 6.25. The molecule has 0 spiro atoms. The van der Waals surface area contributed by atoms with Crippen LogP contribution in [0.5, 0.6) is 40.2 Å². The van der Waals surface area contributed by atoms with Gasteiger partial charge in [-0.3, -0.25) is 9.59 Å². The van der Waals surface area contributed by atoms with Crippen molar-refractivity contribution >= 4 is 11.9 Å². The van der Waals surface area contributed by atoms with Gasteiger partial charge in [0, 0.05) is 24.6 Å². The van der Waals surface area contributed by atoms with Crippen molar-refractivity contribution in [3.63, 3.8) is 0 Å². The zero-order valence-electron chi connectivity index (χ0n) is 23.6. The number of phenolic OH excluding ortho intramolecular Hbond substituents is 6. The Kier molecular flexibility index (Phi) is 8.51. The van der Waals surface area contributed by atoms with E-state index in [9.17, 15) is 55.2 Å². The second-order valence-electron chi connectivity index (χ2n) is 10.2. The molecule has 2 aliphatic heterocycles. The van der Waals surface area contributed by atoms with E-state index in [0.717, 1.165) is 43.3 Å². The molecule has 3 aliphatic rings. The van der Waals surface area contributed by atoms with Crippen molar-refractivity contribution in [2.45, 2.75) is 37.6 Å². The molecule has 0 amide bonds. The number of hydrogen-bond donors (Lipinski definition) is 8. The van der Waals surface area contributed by atoms with Gasteiger partial charge in [-0.2, -0.15) is 0 Å². The number of ether oxygens (including phenoxy) is 4. The first-order valence-electron chi connectivity index (χ1n) is 13.3. The van der Waals surface area contributed by atoms with E-state index in [-0.39, 0.29) is 28.4 Å². The maximum Gasteiger partial charge on any atom is 0.339 e. The molecule has 0 bridgehead atoms. The van der Waals surface area contributed by atoms with Crippen molar-refractivity contribution in [2.24, 2.45) is 0 Å². The molecule has 0 aromatic heterocycles. The lowest BCUT2D eigenvalue weighted by molar-refractivity contribution is -0.277. The molecule has 0 unspecified atom stereocenters. The molecule has 46 heavy (non-hydrogen) atoms. The van der Waals surface area contributed by atoms with Gasteiger partial charge in [-0.15, -0.1) is 0 Å². The zero-order valence-corrected chi connectivity index (χ0v) is 23.6. The van der Waals surface area contributed by atoms with E-state index in [1.807, 2.05) is 0 Å². The van der Waals surface area contributed by atoms with Crippen LogP contribution in [0, 0.1) is 0 Å². The minimum Gasteiger partial charge on any atom is -0.507 e. The summed E-state index contributed by atoms with van der Waals surface area (Å²) in [6.07, 6.45) is -8.98. The van der Waals surface area contributed by atoms with Gasteiger partial charge < -0.3 is 64.2 Å². The highest BCUT2D eigenvalue weighted by Gasteiger charge is 2.49. The van der Waals surface area contributed by atoms with Crippen LogP contribution in [0.1, 0.15) is 17.3 Å². The van der Waals surface area contributed by atoms with Gasteiger partial charge in [0.2, 0.25) is 6.29 Å². The number of phenols is 6. The molecule has 8 N–H and O–H groups in total. The highest BCUT2D eigenvalue weighted by molar-refractivity contribution is 5.91. The fourth-order valence-electron chi connectivity index (χ4n) is 4.63. The molecule has 1 saturated heterocycles. The fourth-order valence-corrected chi connectivity index (χ4v) is 4.63. The summed E-state index contributed by atoms with van der Waals surface area (Å²) in [5.74, 6) is -6.90. The van der Waals surface area contributed by atoms with Crippen LogP contribution in [0.15, 0.2) is 57.7 Å². The number of carbonyl (C=O) groups excluding carboxylic acids is 2. The van der Waals surface area contributed by atoms with Crippen LogP contribution in [-0.2, 0) is 19.0 Å². The summed E-state index contributed by atoms with van der Waals surface area (Å²) in [7, 11) is 0. The third-order valence-corrected chi connectivity index (χ3v) is 6.93. The van der Waals surface area contributed by atoms with E-state index in [2.05, 4.69) is 0 Å². The predicted octanol–water partition coefficient (Wildman–Crippen LogP) is 1.26. The SMILES string of the molecule is CC(=O)OC[C@H]1O[C@@H](Oc2cc3c(O)cc(=O)cc-3oc2-c2ccc(O)c(O)c2)[C@H](OC(=O)c2cc(O)c(O)c(O)c2)[C@@H](O)[C@H]1O. The molecule has 1 fully saturated rings. The second kappa shape index (κ2) is 12.4. The molecule has 2 aromatic rings. The Morgan fingerprint density at radius 1 is 0.826 bits per heavy atom. The molecule has 16 nitrogen and oxygen atoms in total. The molecular formula is C30H26O16. The molecule has 2 aromatic carbocycles. The lowest BCUT2D eigenvalue weighted by Crippen LogP contribution is -2.61. The van der Waals surface area contributed by atoms with Gasteiger partial charge in [0.1, 0.15) is 36.4 Å². The maximum atomic E-state index is 13.1. The Bertz CT molecular complexity index is 1810. The van der Waals surface area contributed by atoms with Crippen molar-refractivity contribution < 1.29 is 73.8 Å². The summed E-state index contributed by atoms with van der Waals surface area (Å²) in [6, 6.07) is 8.17. The largest absolute Gasteiger partial charge is 0.507 e. The number of aliphatic hydroxyl groups excluding tert-OH is 2. The normalized spacial score (nSPS) is 21.1. The minimum atomic E-state index is -1.97. The van der Waals surface area contributed by atoms with Gasteiger partial charge in [-0.05, 0) is 36.4 Å². The van der Waals surface area contributed by atoms with Crippen LogP contribution in [-0.4, -0.2) is 90.1 Å². The molecular weight excluding hydrogens is 616 g/mol. The van der Waals surface area contributed by atoms with E-state index < -0.39 is 94.7 Å². The molecule has 0 saturated carbocycles. The van der Waals surface area contributed by atoms with E-state index in [0.29, 0.717) is 0 Å². The van der Waals surface area contributed by atoms with Crippen molar-refractivity contribution in [2.75, 3.05) is 6.61 Å². The third-order valence-electron chi connectivity index (χ3n) is 6.93. The highest BCUT2D eigenvalue weighted by Crippen LogP contribution is 2.43. The minimum absolute atomic E-state index is 0.0437. The van der Waals surface area contributed by atoms with Gasteiger partial charge in [0.25, 0.3) is 0 Å². The van der Waals surface area contributed by atoms with Gasteiger partial charge in [-0.25, -0.2) is 4.79 Å². The second-order valence-corrected chi connectivity index (χ2v) is 10.2. The first kappa shape index (κ1) is 31.7. The monoisotopic (exact) mass is 642 g/mol. The van der Waals surface area contributed by atoms with E-state index in [4.69, 9.17) is 23.4 Å². The Hall–Kier alpha value is -5.71. The Balaban J connectivity index is 1.60. The van der Waals surface area contributed by atoms with Gasteiger partial charge >= 0.3 is 11.9 Å². The highest BCUT2D eigenvalue weighted by atomic mass is 16.7. The summed E-state index contributed by atoms with van der Waals surface area (Å²) in [5.41, 5.74) is -1.08. The molecule has 5 atom stereocenters. The molecule has 16 heteroatoms. The summed E-state index contributed by atoms with van der Waals surface area (Å²) in [4.78, 5) is 36.6. The van der Waals surface area contributed by atoms with Crippen LogP contribution in [0.3, 0.4) is 0 Å². The van der Waals surface area contributed by atoms with Crippen molar-refractivity contribution in [3.8, 4) is 62.9 Å². The zero-order chi connectivity index (χ0) is 33.4. The number of fused-ring (bicyclic) bond motifs is 1. The average molecular weight is 643 g/mol. The van der Waals surface area contributed by atoms with Gasteiger partial charge in [0.15, 0.2) is 51.8 Å². The molecule has 1 aliphatic carbocycles. The summed E-state index contributed by atoms with van der Waals surface area (Å²) in [6.45, 7) is 0.504. The van der Waals surface area contributed by atoms with Crippen LogP contribution in [0.25, 0.3) is 22.6 Å². The molecule has 5 rings (SSSR count). The molecule has 242 valence electrons. The first-order chi connectivity index (χ1) is 21.7. The Labute approximate surface area is 257 Å². The maximum absolute atomic E-state index is 13.1. The number of carbonyl (C=O) groups is 2. The van der Waals surface area contributed by atoms with E-state index >= 15 is 0 Å².